The average Bonchev–Trinajstić information content (AvgIpc) is 2.39. The first kappa shape index (κ1) is 20.5. The molecule has 0 saturated heterocycles. The molecule has 1 aromatic carbocycles. The zero-order valence-electron chi connectivity index (χ0n) is 11.7. The minimum Gasteiger partial charge on any atom is -0.486 e. The highest BCUT2D eigenvalue weighted by molar-refractivity contribution is 5.94. The number of nitrogens with zero attached hydrogens (tertiary/aromatic N) is 1. The van der Waals surface area contributed by atoms with Crippen LogP contribution in [0.4, 0.5) is 18.2 Å². The lowest BCUT2D eigenvalue weighted by Crippen LogP contribution is -2.27. The maximum atomic E-state index is 13.7. The average molecular weight is 332 g/mol. The maximum absolute atomic E-state index is 13.7. The highest BCUT2D eigenvalue weighted by Crippen LogP contribution is 2.35. The molecule has 0 aliphatic carbocycles. The fourth-order valence-electron chi connectivity index (χ4n) is 2.35. The van der Waals surface area contributed by atoms with Gasteiger partial charge in [-0.3, -0.25) is 14.2 Å². The molecule has 123 valence electrons. The SMILES string of the molecule is C[C@H]1COc2c(F)c(F)cc3c(=O)c(C(=O)O)cn1c23.F.F.[B]. The van der Waals surface area contributed by atoms with Crippen molar-refractivity contribution < 1.29 is 32.8 Å². The zero-order chi connectivity index (χ0) is 14.6. The third-order valence-electron chi connectivity index (χ3n) is 3.34. The Bertz CT molecular complexity index is 824. The van der Waals surface area contributed by atoms with Crippen LogP contribution in [0, 0.1) is 11.6 Å². The van der Waals surface area contributed by atoms with Gasteiger partial charge in [0.05, 0.1) is 16.9 Å². The molecule has 2 aromatic rings. The molecule has 1 aliphatic rings. The van der Waals surface area contributed by atoms with E-state index in [-0.39, 0.29) is 47.1 Å². The van der Waals surface area contributed by atoms with Gasteiger partial charge in [-0.1, -0.05) is 0 Å². The lowest BCUT2D eigenvalue weighted by atomic mass is 10.1. The summed E-state index contributed by atoms with van der Waals surface area (Å²) in [5, 5.41) is 8.83. The summed E-state index contributed by atoms with van der Waals surface area (Å²) < 4.78 is 33.8. The van der Waals surface area contributed by atoms with E-state index >= 15 is 0 Å². The zero-order valence-corrected chi connectivity index (χ0v) is 11.7. The predicted molar refractivity (Wildman–Crippen MR) is 76.0 cm³/mol. The summed E-state index contributed by atoms with van der Waals surface area (Å²) in [5.41, 5.74) is -1.26. The second kappa shape index (κ2) is 6.72. The summed E-state index contributed by atoms with van der Waals surface area (Å²) in [5.74, 6) is -4.19. The lowest BCUT2D eigenvalue weighted by Gasteiger charge is -2.27. The molecule has 10 heteroatoms. The number of aromatic carboxylic acids is 1. The summed E-state index contributed by atoms with van der Waals surface area (Å²) in [6.45, 7) is 1.78. The standard InChI is InChI=1S/C13H9F2NO4.B.2FH/c1-5-4-20-12-9(15)8(14)2-6-10(12)16(5)3-7(11(6)17)13(18)19;;;/h2-3,5H,4H2,1H3,(H,18,19);;2*1H/t5-;;;/m0.../s1. The number of hydrogen-bond acceptors (Lipinski definition) is 3. The number of carboxylic acids is 1. The van der Waals surface area contributed by atoms with Crippen LogP contribution in [0.15, 0.2) is 17.1 Å². The van der Waals surface area contributed by atoms with Gasteiger partial charge >= 0.3 is 5.97 Å². The van der Waals surface area contributed by atoms with E-state index in [1.165, 1.54) is 4.57 Å². The van der Waals surface area contributed by atoms with Gasteiger partial charge < -0.3 is 14.4 Å². The van der Waals surface area contributed by atoms with Crippen LogP contribution >= 0.6 is 0 Å². The smallest absolute Gasteiger partial charge is 0.341 e. The summed E-state index contributed by atoms with van der Waals surface area (Å²) >= 11 is 0. The monoisotopic (exact) mass is 332 g/mol. The minimum absolute atomic E-state index is 0. The normalized spacial score (nSPS) is 14.8. The molecule has 0 amide bonds. The van der Waals surface area contributed by atoms with Gasteiger partial charge in [0.2, 0.25) is 11.2 Å². The number of benzene rings is 1. The first-order valence-electron chi connectivity index (χ1n) is 5.84. The van der Waals surface area contributed by atoms with Gasteiger partial charge in [0.25, 0.3) is 0 Å². The van der Waals surface area contributed by atoms with E-state index in [2.05, 4.69) is 0 Å². The van der Waals surface area contributed by atoms with Crippen molar-refractivity contribution in [2.24, 2.45) is 0 Å². The van der Waals surface area contributed by atoms with Crippen molar-refractivity contribution in [3.05, 3.63) is 39.7 Å². The molecule has 0 fully saturated rings. The van der Waals surface area contributed by atoms with Crippen molar-refractivity contribution in [1.29, 1.82) is 0 Å². The van der Waals surface area contributed by atoms with Gasteiger partial charge in [-0.05, 0) is 13.0 Å². The Labute approximate surface area is 128 Å². The van der Waals surface area contributed by atoms with Crippen molar-refractivity contribution in [3.63, 3.8) is 0 Å². The first-order valence-corrected chi connectivity index (χ1v) is 5.84. The molecular weight excluding hydrogens is 321 g/mol. The number of carbonyl (C=O) groups is 1. The van der Waals surface area contributed by atoms with Crippen molar-refractivity contribution >= 4 is 25.3 Å². The topological polar surface area (TPSA) is 68.5 Å². The van der Waals surface area contributed by atoms with Crippen LogP contribution in [0.25, 0.3) is 10.9 Å². The fraction of sp³-hybridized carbons (Fsp3) is 0.231. The summed E-state index contributed by atoms with van der Waals surface area (Å²) in [6.07, 6.45) is 1.14. The number of ether oxygens (including phenoxy) is 1. The van der Waals surface area contributed by atoms with E-state index in [4.69, 9.17) is 9.84 Å². The van der Waals surface area contributed by atoms with E-state index in [0.29, 0.717) is 6.07 Å². The van der Waals surface area contributed by atoms with Gasteiger partial charge in [-0.15, -0.1) is 0 Å². The van der Waals surface area contributed by atoms with Crippen LogP contribution in [0.2, 0.25) is 0 Å². The van der Waals surface area contributed by atoms with Crippen molar-refractivity contribution in [2.75, 3.05) is 6.61 Å². The second-order valence-corrected chi connectivity index (χ2v) is 4.64. The van der Waals surface area contributed by atoms with E-state index in [1.54, 1.807) is 6.92 Å². The quantitative estimate of drug-likeness (QED) is 0.639. The lowest BCUT2D eigenvalue weighted by molar-refractivity contribution is 0.0694. The van der Waals surface area contributed by atoms with E-state index < -0.39 is 28.6 Å². The molecular formula is C13H11BF4NO4. The second-order valence-electron chi connectivity index (χ2n) is 4.64. The number of rotatable bonds is 1. The number of halogens is 4. The molecule has 3 radical (unpaired) electrons. The highest BCUT2D eigenvalue weighted by atomic mass is 19.2. The van der Waals surface area contributed by atoms with Crippen LogP contribution in [0.1, 0.15) is 23.3 Å². The van der Waals surface area contributed by atoms with Crippen LogP contribution in [0.5, 0.6) is 5.75 Å². The van der Waals surface area contributed by atoms with Crippen LogP contribution in [-0.2, 0) is 0 Å². The Morgan fingerprint density at radius 3 is 2.57 bits per heavy atom. The van der Waals surface area contributed by atoms with Crippen molar-refractivity contribution in [1.82, 2.24) is 4.57 Å². The highest BCUT2D eigenvalue weighted by Gasteiger charge is 2.27. The Kier molecular flexibility index (Phi) is 5.98. The van der Waals surface area contributed by atoms with E-state index in [1.807, 2.05) is 0 Å². The maximum Gasteiger partial charge on any atom is 0.341 e. The summed E-state index contributed by atoms with van der Waals surface area (Å²) in [4.78, 5) is 23.1. The molecule has 2 heterocycles. The number of aromatic nitrogens is 1. The van der Waals surface area contributed by atoms with Crippen LogP contribution in [0.3, 0.4) is 0 Å². The molecule has 1 aromatic heterocycles. The van der Waals surface area contributed by atoms with E-state index in [0.717, 1.165) is 6.20 Å². The van der Waals surface area contributed by atoms with Gasteiger partial charge in [0, 0.05) is 14.6 Å². The number of hydrogen-bond donors (Lipinski definition) is 1. The van der Waals surface area contributed by atoms with Gasteiger partial charge in [-0.25, -0.2) is 9.18 Å². The van der Waals surface area contributed by atoms with Crippen LogP contribution < -0.4 is 10.2 Å². The molecule has 3 rings (SSSR count). The molecule has 5 nitrogen and oxygen atoms in total. The van der Waals surface area contributed by atoms with Crippen molar-refractivity contribution in [3.8, 4) is 5.75 Å². The third-order valence-corrected chi connectivity index (χ3v) is 3.34. The molecule has 0 bridgehead atoms. The Balaban J connectivity index is 0.00000161. The van der Waals surface area contributed by atoms with Crippen LogP contribution in [-0.4, -0.2) is 30.7 Å². The number of carboxylic acid groups (broad SMARTS) is 1. The molecule has 1 atom stereocenters. The predicted octanol–water partition coefficient (Wildman–Crippen LogP) is 1.86. The minimum atomic E-state index is -1.41. The molecule has 0 unspecified atom stereocenters. The van der Waals surface area contributed by atoms with Gasteiger partial charge in [0.1, 0.15) is 12.2 Å². The fourth-order valence-corrected chi connectivity index (χ4v) is 2.35. The van der Waals surface area contributed by atoms with Gasteiger partial charge in [-0.2, -0.15) is 4.39 Å². The van der Waals surface area contributed by atoms with Gasteiger partial charge in [0.15, 0.2) is 11.6 Å². The summed E-state index contributed by atoms with van der Waals surface area (Å²) in [7, 11) is 0. The van der Waals surface area contributed by atoms with Crippen molar-refractivity contribution in [2.45, 2.75) is 13.0 Å². The Morgan fingerprint density at radius 2 is 2.00 bits per heavy atom. The first-order chi connectivity index (χ1) is 9.41. The molecule has 1 aliphatic heterocycles. The molecule has 0 spiro atoms. The molecule has 23 heavy (non-hydrogen) atoms. The Hall–Kier alpha value is -2.52. The third kappa shape index (κ3) is 2.76. The molecule has 0 saturated carbocycles. The Morgan fingerprint density at radius 1 is 1.39 bits per heavy atom. The molecule has 1 N–H and O–H groups in total. The van der Waals surface area contributed by atoms with E-state index in [9.17, 15) is 18.4 Å². The number of pyridine rings is 1. The largest absolute Gasteiger partial charge is 0.486 e. The summed E-state index contributed by atoms with van der Waals surface area (Å²) in [6, 6.07) is 0.412.